The fraction of sp³-hybridized carbons (Fsp3) is 0.471. The van der Waals surface area contributed by atoms with Gasteiger partial charge in [0.05, 0.1) is 29.8 Å². The molecule has 1 aromatic heterocycles. The van der Waals surface area contributed by atoms with Crippen LogP contribution in [-0.4, -0.2) is 40.6 Å². The molecule has 136 valence electrons. The van der Waals surface area contributed by atoms with Crippen molar-refractivity contribution in [2.24, 2.45) is 0 Å². The molecule has 1 heterocycles. The molecule has 6 nitrogen and oxygen atoms in total. The van der Waals surface area contributed by atoms with E-state index in [2.05, 4.69) is 4.98 Å². The van der Waals surface area contributed by atoms with Gasteiger partial charge in [-0.05, 0) is 39.0 Å². The lowest BCUT2D eigenvalue weighted by atomic mass is 10.2. The molecule has 0 aliphatic rings. The first-order valence-corrected chi connectivity index (χ1v) is 9.11. The van der Waals surface area contributed by atoms with Crippen molar-refractivity contribution in [3.63, 3.8) is 0 Å². The lowest BCUT2D eigenvalue weighted by molar-refractivity contribution is -0.151. The first-order valence-electron chi connectivity index (χ1n) is 7.75. The van der Waals surface area contributed by atoms with Crippen LogP contribution in [0.25, 0.3) is 10.9 Å². The normalized spacial score (nSPS) is 11.7. The van der Waals surface area contributed by atoms with E-state index in [1.165, 1.54) is 4.57 Å². The Bertz CT molecular complexity index is 830. The van der Waals surface area contributed by atoms with E-state index in [1.54, 1.807) is 46.1 Å². The number of hydrogen-bond acceptors (Lipinski definition) is 6. The van der Waals surface area contributed by atoms with Gasteiger partial charge in [-0.3, -0.25) is 14.2 Å². The quantitative estimate of drug-likeness (QED) is 0.433. The fourth-order valence-electron chi connectivity index (χ4n) is 2.16. The Morgan fingerprint density at radius 3 is 2.72 bits per heavy atom. The van der Waals surface area contributed by atoms with Crippen LogP contribution in [0.5, 0.6) is 0 Å². The summed E-state index contributed by atoms with van der Waals surface area (Å²) in [5, 5.41) is 1.40. The van der Waals surface area contributed by atoms with E-state index in [0.717, 1.165) is 11.8 Å². The van der Waals surface area contributed by atoms with Gasteiger partial charge in [0.2, 0.25) is 0 Å². The molecule has 0 bridgehead atoms. The number of ether oxygens (including phenoxy) is 2. The van der Waals surface area contributed by atoms with Crippen molar-refractivity contribution in [2.45, 2.75) is 38.1 Å². The molecular formula is C17H21ClN2O4S. The van der Waals surface area contributed by atoms with Crippen molar-refractivity contribution >= 4 is 40.2 Å². The Morgan fingerprint density at radius 1 is 1.36 bits per heavy atom. The molecule has 0 aliphatic carbocycles. The lowest BCUT2D eigenvalue weighted by Crippen LogP contribution is -2.27. The average Bonchev–Trinajstić information content (AvgIpc) is 2.50. The van der Waals surface area contributed by atoms with Crippen molar-refractivity contribution in [2.75, 3.05) is 19.5 Å². The van der Waals surface area contributed by atoms with Crippen LogP contribution in [0.1, 0.15) is 20.8 Å². The number of carbonyl (C=O) groups excluding carboxylic acids is 1. The van der Waals surface area contributed by atoms with E-state index in [9.17, 15) is 9.59 Å². The van der Waals surface area contributed by atoms with Crippen LogP contribution in [0.2, 0.25) is 5.02 Å². The Labute approximate surface area is 155 Å². The number of thioether (sulfide) groups is 1. The van der Waals surface area contributed by atoms with E-state index < -0.39 is 5.60 Å². The second-order valence-electron chi connectivity index (χ2n) is 6.38. The molecule has 0 saturated heterocycles. The van der Waals surface area contributed by atoms with Crippen LogP contribution in [0.15, 0.2) is 28.2 Å². The SMILES string of the molecule is COCCn1c(SCC(=O)OC(C)(C)C)nc2cc(Cl)ccc2c1=O. The van der Waals surface area contributed by atoms with Gasteiger partial charge in [-0.25, -0.2) is 4.98 Å². The highest BCUT2D eigenvalue weighted by Crippen LogP contribution is 2.21. The molecule has 0 unspecified atom stereocenters. The van der Waals surface area contributed by atoms with E-state index in [1.807, 2.05) is 0 Å². The third-order valence-corrected chi connectivity index (χ3v) is 4.33. The number of esters is 1. The highest BCUT2D eigenvalue weighted by Gasteiger charge is 2.18. The van der Waals surface area contributed by atoms with Crippen LogP contribution in [0, 0.1) is 0 Å². The van der Waals surface area contributed by atoms with Gasteiger partial charge in [-0.2, -0.15) is 0 Å². The Hall–Kier alpha value is -1.57. The molecule has 0 fully saturated rings. The van der Waals surface area contributed by atoms with Gasteiger partial charge in [0.15, 0.2) is 5.16 Å². The summed E-state index contributed by atoms with van der Waals surface area (Å²) >= 11 is 7.16. The third kappa shape index (κ3) is 5.45. The third-order valence-electron chi connectivity index (χ3n) is 3.14. The molecule has 2 aromatic rings. The Balaban J connectivity index is 2.35. The number of carbonyl (C=O) groups is 1. The molecule has 0 amide bonds. The maximum Gasteiger partial charge on any atom is 0.316 e. The summed E-state index contributed by atoms with van der Waals surface area (Å²) in [4.78, 5) is 29.2. The minimum Gasteiger partial charge on any atom is -0.459 e. The first kappa shape index (κ1) is 19.8. The zero-order chi connectivity index (χ0) is 18.6. The number of methoxy groups -OCH3 is 1. The predicted octanol–water partition coefficient (Wildman–Crippen LogP) is 3.13. The van der Waals surface area contributed by atoms with Crippen molar-refractivity contribution < 1.29 is 14.3 Å². The van der Waals surface area contributed by atoms with E-state index in [-0.39, 0.29) is 17.3 Å². The highest BCUT2D eigenvalue weighted by molar-refractivity contribution is 7.99. The molecule has 0 atom stereocenters. The number of nitrogens with zero attached hydrogens (tertiary/aromatic N) is 2. The second-order valence-corrected chi connectivity index (χ2v) is 7.76. The Kier molecular flexibility index (Phi) is 6.48. The zero-order valence-electron chi connectivity index (χ0n) is 14.7. The zero-order valence-corrected chi connectivity index (χ0v) is 16.2. The molecule has 8 heteroatoms. The molecule has 0 aliphatic heterocycles. The number of hydrogen-bond donors (Lipinski definition) is 0. The van der Waals surface area contributed by atoms with Crippen LogP contribution in [-0.2, 0) is 20.8 Å². The summed E-state index contributed by atoms with van der Waals surface area (Å²) in [6, 6.07) is 4.94. The summed E-state index contributed by atoms with van der Waals surface area (Å²) in [5.74, 6) is -0.306. The number of aromatic nitrogens is 2. The molecule has 0 N–H and O–H groups in total. The van der Waals surface area contributed by atoms with Crippen LogP contribution in [0.4, 0.5) is 0 Å². The van der Waals surface area contributed by atoms with Gasteiger partial charge in [0.1, 0.15) is 5.60 Å². The Morgan fingerprint density at radius 2 is 2.08 bits per heavy atom. The molecule has 2 rings (SSSR count). The summed E-state index contributed by atoms with van der Waals surface area (Å²) in [5.41, 5.74) is -0.249. The van der Waals surface area contributed by atoms with Crippen LogP contribution in [0.3, 0.4) is 0 Å². The van der Waals surface area contributed by atoms with Crippen molar-refractivity contribution in [3.05, 3.63) is 33.6 Å². The van der Waals surface area contributed by atoms with Crippen LogP contribution < -0.4 is 5.56 Å². The topological polar surface area (TPSA) is 70.4 Å². The average molecular weight is 385 g/mol. The summed E-state index contributed by atoms with van der Waals surface area (Å²) in [7, 11) is 1.56. The first-order chi connectivity index (χ1) is 11.7. The van der Waals surface area contributed by atoms with Gasteiger partial charge in [-0.1, -0.05) is 23.4 Å². The minimum absolute atomic E-state index is 0.0583. The van der Waals surface area contributed by atoms with Gasteiger partial charge in [0, 0.05) is 12.1 Å². The van der Waals surface area contributed by atoms with Crippen molar-refractivity contribution in [3.8, 4) is 0 Å². The summed E-state index contributed by atoms with van der Waals surface area (Å²) in [6.07, 6.45) is 0. The molecule has 0 spiro atoms. The van der Waals surface area contributed by atoms with E-state index >= 15 is 0 Å². The summed E-state index contributed by atoms with van der Waals surface area (Å²) in [6.45, 7) is 6.12. The number of benzene rings is 1. The molecule has 0 radical (unpaired) electrons. The van der Waals surface area contributed by atoms with Gasteiger partial charge >= 0.3 is 5.97 Å². The fourth-order valence-corrected chi connectivity index (χ4v) is 3.12. The van der Waals surface area contributed by atoms with Crippen molar-refractivity contribution in [1.29, 1.82) is 0 Å². The lowest BCUT2D eigenvalue weighted by Gasteiger charge is -2.19. The molecule has 25 heavy (non-hydrogen) atoms. The molecular weight excluding hydrogens is 364 g/mol. The molecule has 1 aromatic carbocycles. The minimum atomic E-state index is -0.558. The van der Waals surface area contributed by atoms with Crippen LogP contribution >= 0.6 is 23.4 Å². The number of rotatable bonds is 6. The smallest absolute Gasteiger partial charge is 0.316 e. The number of fused-ring (bicyclic) bond motifs is 1. The second kappa shape index (κ2) is 8.21. The maximum absolute atomic E-state index is 12.7. The largest absolute Gasteiger partial charge is 0.459 e. The van der Waals surface area contributed by atoms with E-state index in [0.29, 0.717) is 34.2 Å². The van der Waals surface area contributed by atoms with Crippen molar-refractivity contribution in [1.82, 2.24) is 9.55 Å². The maximum atomic E-state index is 12.7. The van der Waals surface area contributed by atoms with Gasteiger partial charge < -0.3 is 9.47 Å². The van der Waals surface area contributed by atoms with Gasteiger partial charge in [-0.15, -0.1) is 0 Å². The van der Waals surface area contributed by atoms with E-state index in [4.69, 9.17) is 21.1 Å². The van der Waals surface area contributed by atoms with Gasteiger partial charge in [0.25, 0.3) is 5.56 Å². The predicted molar refractivity (Wildman–Crippen MR) is 99.5 cm³/mol. The monoisotopic (exact) mass is 384 g/mol. The molecule has 0 saturated carbocycles. The highest BCUT2D eigenvalue weighted by atomic mass is 35.5. The standard InChI is InChI=1S/C17H21ClN2O4S/c1-17(2,3)24-14(21)10-25-16-19-13-9-11(18)5-6-12(13)15(22)20(16)7-8-23-4/h5-6,9H,7-8,10H2,1-4H3. The number of halogens is 1. The summed E-state index contributed by atoms with van der Waals surface area (Å²) < 4.78 is 11.9.